The Balaban J connectivity index is -0.0000000134. The maximum Gasteiger partial charge on any atom is -0.0348 e. The molecule has 0 aliphatic rings. The van der Waals surface area contributed by atoms with Gasteiger partial charge in [0, 0.05) is 0 Å². The molecular formula is C40H106. The molecule has 0 N–H and O–H groups in total. The summed E-state index contributed by atoms with van der Waals surface area (Å²) in [7, 11) is 0. The molecule has 266 valence electrons. The molecule has 0 aliphatic carbocycles. The van der Waals surface area contributed by atoms with E-state index in [0.717, 1.165) is 6.42 Å². The van der Waals surface area contributed by atoms with Crippen LogP contribution in [0.2, 0.25) is 0 Å². The Morgan fingerprint density at radius 1 is 0.350 bits per heavy atom. The van der Waals surface area contributed by atoms with Crippen LogP contribution in [0.15, 0.2) is 24.8 Å². The van der Waals surface area contributed by atoms with Crippen molar-refractivity contribution in [2.75, 3.05) is 0 Å². The largest absolute Gasteiger partial charge is 0.103 e. The van der Waals surface area contributed by atoms with Crippen molar-refractivity contribution in [3.8, 4) is 0 Å². The van der Waals surface area contributed by atoms with Crippen molar-refractivity contribution in [3.05, 3.63) is 24.8 Å². The van der Waals surface area contributed by atoms with E-state index in [4.69, 9.17) is 0 Å². The lowest BCUT2D eigenvalue weighted by Gasteiger charge is -1.85. The second-order valence-corrected chi connectivity index (χ2v) is 4.62. The van der Waals surface area contributed by atoms with Crippen LogP contribution in [0.4, 0.5) is 0 Å². The van der Waals surface area contributed by atoms with E-state index in [9.17, 15) is 0 Å². The summed E-state index contributed by atoms with van der Waals surface area (Å²) in [5.74, 6) is 0. The third-order valence-electron chi connectivity index (χ3n) is 1.01. The molecule has 40 heavy (non-hydrogen) atoms. The lowest BCUT2D eigenvalue weighted by molar-refractivity contribution is 0.869. The van der Waals surface area contributed by atoms with Gasteiger partial charge in [-0.05, 0) is 26.2 Å². The van der Waals surface area contributed by atoms with Gasteiger partial charge in [0.25, 0.3) is 0 Å². The summed E-state index contributed by atoms with van der Waals surface area (Å²) < 4.78 is 0. The minimum absolute atomic E-state index is 1.14. The van der Waals surface area contributed by atoms with E-state index in [1.807, 2.05) is 151 Å². The summed E-state index contributed by atoms with van der Waals surface area (Å²) in [6, 6.07) is 0. The molecule has 0 saturated carbocycles. The smallest absolute Gasteiger partial charge is 0.0348 e. The first-order chi connectivity index (χ1) is 19.6. The summed E-state index contributed by atoms with van der Waals surface area (Å²) >= 11 is 0. The first kappa shape index (κ1) is 97.5. The zero-order chi connectivity index (χ0) is 37.1. The Hall–Kier alpha value is -0.520. The Morgan fingerprint density at radius 3 is 0.600 bits per heavy atom. The third kappa shape index (κ3) is 2490. The van der Waals surface area contributed by atoms with Gasteiger partial charge in [-0.1, -0.05) is 238 Å². The Labute approximate surface area is 270 Å². The van der Waals surface area contributed by atoms with Crippen molar-refractivity contribution in [3.63, 3.8) is 0 Å². The minimum Gasteiger partial charge on any atom is -0.103 e. The van der Waals surface area contributed by atoms with Gasteiger partial charge in [0.05, 0.1) is 0 Å². The maximum absolute atomic E-state index is 3.63. The van der Waals surface area contributed by atoms with Crippen molar-refractivity contribution in [2.45, 2.75) is 246 Å². The van der Waals surface area contributed by atoms with Gasteiger partial charge < -0.3 is 0 Å². The van der Waals surface area contributed by atoms with Crippen LogP contribution < -0.4 is 0 Å². The van der Waals surface area contributed by atoms with E-state index in [1.54, 1.807) is 0 Å². The predicted octanol–water partition coefficient (Wildman–Crippen LogP) is 18.8. The van der Waals surface area contributed by atoms with E-state index in [0.29, 0.717) is 0 Å². The average Bonchev–Trinajstić information content (AvgIpc) is 3.07. The van der Waals surface area contributed by atoms with Crippen LogP contribution in [-0.4, -0.2) is 0 Å². The molecule has 0 aromatic carbocycles. The molecule has 0 bridgehead atoms. The van der Waals surface area contributed by atoms with Gasteiger partial charge in [0.15, 0.2) is 0 Å². The van der Waals surface area contributed by atoms with Crippen LogP contribution in [0.3, 0.4) is 0 Å². The van der Waals surface area contributed by atoms with Gasteiger partial charge in [0.1, 0.15) is 0 Å². The quantitative estimate of drug-likeness (QED) is 0.227. The SMILES string of the molecule is C=CCCCC=CC.CC.CC.CC.CC.CC.CC.CC.CC.CC.CC.CCC.CCC.CCC.CCC. The molecule has 0 saturated heterocycles. The lowest BCUT2D eigenvalue weighted by atomic mass is 10.2. The summed E-state index contributed by atoms with van der Waals surface area (Å²) in [4.78, 5) is 0. The molecule has 0 aromatic heterocycles. The second-order valence-electron chi connectivity index (χ2n) is 4.62. The number of rotatable bonds is 4. The predicted molar refractivity (Wildman–Crippen MR) is 216 cm³/mol. The third-order valence-corrected chi connectivity index (χ3v) is 1.01. The maximum atomic E-state index is 3.63. The second kappa shape index (κ2) is 601. The molecule has 0 atom stereocenters. The minimum atomic E-state index is 1.14. The fourth-order valence-electron chi connectivity index (χ4n) is 0.547. The number of unbranched alkanes of at least 4 members (excludes halogenated alkanes) is 2. The molecule has 0 radical (unpaired) electrons. The molecule has 0 rings (SSSR count). The molecule has 0 aliphatic heterocycles. The highest BCUT2D eigenvalue weighted by molar-refractivity contribution is 4.78. The van der Waals surface area contributed by atoms with Gasteiger partial charge in [-0.25, -0.2) is 0 Å². The molecule has 0 unspecified atom stereocenters. The van der Waals surface area contributed by atoms with Crippen LogP contribution in [0.25, 0.3) is 0 Å². The van der Waals surface area contributed by atoms with E-state index in [1.165, 1.54) is 38.5 Å². The molecule has 0 fully saturated rings. The first-order valence-corrected chi connectivity index (χ1v) is 18.8. The average molecular weight is 587 g/mol. The number of hydrogen-bond acceptors (Lipinski definition) is 0. The van der Waals surface area contributed by atoms with E-state index in [2.05, 4.69) is 74.1 Å². The van der Waals surface area contributed by atoms with Gasteiger partial charge in [-0.2, -0.15) is 0 Å². The molecule has 0 aromatic rings. The zero-order valence-corrected chi connectivity index (χ0v) is 36.4. The van der Waals surface area contributed by atoms with Crippen molar-refractivity contribution in [1.29, 1.82) is 0 Å². The van der Waals surface area contributed by atoms with Gasteiger partial charge >= 0.3 is 0 Å². The van der Waals surface area contributed by atoms with E-state index < -0.39 is 0 Å². The lowest BCUT2D eigenvalue weighted by Crippen LogP contribution is -1.65. The molecule has 0 heteroatoms. The molecule has 0 spiro atoms. The van der Waals surface area contributed by atoms with E-state index >= 15 is 0 Å². The van der Waals surface area contributed by atoms with Gasteiger partial charge in [-0.15, -0.1) is 6.58 Å². The topological polar surface area (TPSA) is 0 Å². The molecule has 0 nitrogen and oxygen atoms in total. The molecule has 0 amide bonds. The van der Waals surface area contributed by atoms with Gasteiger partial charge in [0.2, 0.25) is 0 Å². The molecule has 0 heterocycles. The highest BCUT2D eigenvalue weighted by atomic mass is 13.8. The normalized spacial score (nSPS) is 5.33. The van der Waals surface area contributed by atoms with Gasteiger partial charge in [-0.3, -0.25) is 0 Å². The summed E-state index contributed by atoms with van der Waals surface area (Å²) in [5, 5.41) is 0. The summed E-state index contributed by atoms with van der Waals surface area (Å²) in [6.45, 7) is 62.7. The summed E-state index contributed by atoms with van der Waals surface area (Å²) in [6.07, 6.45) is 14.8. The van der Waals surface area contributed by atoms with Crippen LogP contribution in [-0.2, 0) is 0 Å². The fraction of sp³-hybridized carbons (Fsp3) is 0.900. The Morgan fingerprint density at radius 2 is 0.500 bits per heavy atom. The highest BCUT2D eigenvalue weighted by Gasteiger charge is 1.75. The number of hydrogen-bond donors (Lipinski definition) is 0. The van der Waals surface area contributed by atoms with Crippen molar-refractivity contribution in [2.24, 2.45) is 0 Å². The van der Waals surface area contributed by atoms with Crippen molar-refractivity contribution in [1.82, 2.24) is 0 Å². The van der Waals surface area contributed by atoms with Crippen LogP contribution in [0.5, 0.6) is 0 Å². The fourth-order valence-corrected chi connectivity index (χ4v) is 0.547. The standard InChI is InChI=1S/C8H14.4C3H8.10C2H6/c1-3-5-7-8-6-4-2;4*1-3-2;10*1-2/h3-4,6H,1,5,7-8H2,2H3;4*3H2,1-2H3;10*1-2H3. The first-order valence-electron chi connectivity index (χ1n) is 18.8. The zero-order valence-electron chi connectivity index (χ0n) is 36.4. The summed E-state index contributed by atoms with van der Waals surface area (Å²) in [5.41, 5.74) is 0. The Bertz CT molecular complexity index is 103. The van der Waals surface area contributed by atoms with E-state index in [-0.39, 0.29) is 0 Å². The van der Waals surface area contributed by atoms with Crippen molar-refractivity contribution >= 4 is 0 Å². The van der Waals surface area contributed by atoms with Crippen LogP contribution in [0.1, 0.15) is 246 Å². The van der Waals surface area contributed by atoms with Crippen LogP contribution >= 0.6 is 0 Å². The molecular weight excluding hydrogens is 480 g/mol. The Kier molecular flexibility index (Phi) is 1470. The number of allylic oxidation sites excluding steroid dienone is 3. The monoisotopic (exact) mass is 587 g/mol. The van der Waals surface area contributed by atoms with Crippen LogP contribution in [0, 0.1) is 0 Å². The van der Waals surface area contributed by atoms with Crippen molar-refractivity contribution < 1.29 is 0 Å². The highest BCUT2D eigenvalue weighted by Crippen LogP contribution is 1.95.